The molecule has 124 valence electrons. The molecule has 0 saturated heterocycles. The predicted octanol–water partition coefficient (Wildman–Crippen LogP) is 5.43. The fourth-order valence-electron chi connectivity index (χ4n) is 4.75. The van der Waals surface area contributed by atoms with Gasteiger partial charge in [-0.2, -0.15) is 0 Å². The zero-order valence-electron chi connectivity index (χ0n) is 15.2. The van der Waals surface area contributed by atoms with Crippen LogP contribution in [0.3, 0.4) is 0 Å². The van der Waals surface area contributed by atoms with Gasteiger partial charge in [0.25, 0.3) is 0 Å². The Morgan fingerprint density at radius 1 is 0.808 bits per heavy atom. The van der Waals surface area contributed by atoms with Gasteiger partial charge in [-0.1, -0.05) is 36.4 Å². The molecular formula is C24H19N2+. The van der Waals surface area contributed by atoms with E-state index in [0.29, 0.717) is 0 Å². The van der Waals surface area contributed by atoms with Crippen LogP contribution in [0.2, 0.25) is 0 Å². The van der Waals surface area contributed by atoms with Crippen molar-refractivity contribution >= 4 is 49.0 Å². The number of hydrogen-bond donors (Lipinski definition) is 0. The van der Waals surface area contributed by atoms with E-state index in [1.165, 1.54) is 60.1 Å². The molecule has 0 bridgehead atoms. The first-order chi connectivity index (χ1) is 12.6. The monoisotopic (exact) mass is 335 g/mol. The van der Waals surface area contributed by atoms with E-state index in [1.54, 1.807) is 0 Å². The highest BCUT2D eigenvalue weighted by atomic mass is 14.9. The van der Waals surface area contributed by atoms with Gasteiger partial charge in [0.15, 0.2) is 6.20 Å². The molecule has 0 spiro atoms. The van der Waals surface area contributed by atoms with Crippen molar-refractivity contribution in [1.82, 2.24) is 4.40 Å². The average molecular weight is 335 g/mol. The summed E-state index contributed by atoms with van der Waals surface area (Å²) in [5, 5.41) is 6.68. The van der Waals surface area contributed by atoms with Crippen molar-refractivity contribution in [3.8, 4) is 0 Å². The molecule has 0 aliphatic heterocycles. The van der Waals surface area contributed by atoms with Crippen LogP contribution in [-0.2, 0) is 7.05 Å². The molecule has 2 heteroatoms. The van der Waals surface area contributed by atoms with Gasteiger partial charge < -0.3 is 4.40 Å². The highest BCUT2D eigenvalue weighted by Crippen LogP contribution is 2.40. The van der Waals surface area contributed by atoms with Crippen LogP contribution >= 0.6 is 0 Å². The molecule has 3 aromatic carbocycles. The fraction of sp³-hybridized carbons (Fsp3) is 0.125. The lowest BCUT2D eigenvalue weighted by Crippen LogP contribution is -2.28. The van der Waals surface area contributed by atoms with Crippen LogP contribution in [0.25, 0.3) is 49.0 Å². The minimum atomic E-state index is 1.29. The highest BCUT2D eigenvalue weighted by Gasteiger charge is 2.23. The first-order valence-electron chi connectivity index (χ1n) is 9.11. The summed E-state index contributed by atoms with van der Waals surface area (Å²) in [7, 11) is 2.16. The summed E-state index contributed by atoms with van der Waals surface area (Å²) in [6.45, 7) is 4.41. The number of aromatic nitrogens is 2. The zero-order chi connectivity index (χ0) is 17.6. The fourth-order valence-corrected chi connectivity index (χ4v) is 4.75. The highest BCUT2D eigenvalue weighted by molar-refractivity contribution is 6.25. The number of benzene rings is 3. The molecule has 0 unspecified atom stereocenters. The van der Waals surface area contributed by atoms with Gasteiger partial charge >= 0.3 is 0 Å². The second-order valence-electron chi connectivity index (χ2n) is 7.53. The summed E-state index contributed by atoms with van der Waals surface area (Å²) < 4.78 is 4.76. The van der Waals surface area contributed by atoms with Gasteiger partial charge in [-0.05, 0) is 42.5 Å². The largest absolute Gasteiger partial charge is 0.307 e. The minimum Gasteiger partial charge on any atom is -0.307 e. The molecule has 0 amide bonds. The Bertz CT molecular complexity index is 1500. The van der Waals surface area contributed by atoms with Gasteiger partial charge in [-0.15, -0.1) is 0 Å². The number of aryl methyl sites for hydroxylation is 3. The summed E-state index contributed by atoms with van der Waals surface area (Å²) in [6.07, 6.45) is 2.18. The molecule has 3 aromatic heterocycles. The quantitative estimate of drug-likeness (QED) is 0.199. The number of rotatable bonds is 0. The molecule has 0 saturated carbocycles. The number of nitrogens with zero attached hydrogens (tertiary/aromatic N) is 2. The molecular weight excluding hydrogens is 316 g/mol. The molecule has 3 heterocycles. The van der Waals surface area contributed by atoms with Crippen LogP contribution in [-0.4, -0.2) is 4.40 Å². The Hall–Kier alpha value is -3.13. The summed E-state index contributed by atoms with van der Waals surface area (Å²) in [6, 6.07) is 20.3. The molecule has 0 atom stereocenters. The molecule has 0 fully saturated rings. The first-order valence-corrected chi connectivity index (χ1v) is 9.11. The van der Waals surface area contributed by atoms with E-state index in [4.69, 9.17) is 0 Å². The van der Waals surface area contributed by atoms with E-state index in [0.717, 1.165) is 0 Å². The topological polar surface area (TPSA) is 8.29 Å². The Labute approximate surface area is 151 Å². The Kier molecular flexibility index (Phi) is 2.45. The molecule has 0 N–H and O–H groups in total. The lowest BCUT2D eigenvalue weighted by molar-refractivity contribution is -0.643. The Balaban J connectivity index is 2.15. The number of fused-ring (bicyclic) bond motifs is 5. The standard InChI is InChI=1S/C24H19N2/c1-14-7-9-17-18-10-8-15(2)21-23(18)26(20(17)13-14)19-6-4-5-16-11-12-25(3)24(21)22(16)19/h4-13H,1-3H3/q+1. The van der Waals surface area contributed by atoms with Crippen molar-refractivity contribution < 1.29 is 4.57 Å². The lowest BCUT2D eigenvalue weighted by atomic mass is 10.00. The zero-order valence-corrected chi connectivity index (χ0v) is 15.2. The maximum Gasteiger partial charge on any atom is 0.224 e. The van der Waals surface area contributed by atoms with Gasteiger partial charge in [-0.3, -0.25) is 0 Å². The molecule has 0 radical (unpaired) electrons. The van der Waals surface area contributed by atoms with Crippen LogP contribution < -0.4 is 4.57 Å². The Morgan fingerprint density at radius 3 is 2.54 bits per heavy atom. The summed E-state index contributed by atoms with van der Waals surface area (Å²) in [4.78, 5) is 0. The molecule has 6 rings (SSSR count). The van der Waals surface area contributed by atoms with Gasteiger partial charge in [-0.25, -0.2) is 4.57 Å². The van der Waals surface area contributed by atoms with Crippen LogP contribution in [0, 0.1) is 13.8 Å². The Morgan fingerprint density at radius 2 is 1.65 bits per heavy atom. The van der Waals surface area contributed by atoms with E-state index in [9.17, 15) is 0 Å². The third-order valence-corrected chi connectivity index (χ3v) is 5.91. The van der Waals surface area contributed by atoms with Crippen LogP contribution in [0.5, 0.6) is 0 Å². The van der Waals surface area contributed by atoms with Crippen molar-refractivity contribution in [2.75, 3.05) is 0 Å². The van der Waals surface area contributed by atoms with Crippen molar-refractivity contribution in [3.63, 3.8) is 0 Å². The van der Waals surface area contributed by atoms with E-state index in [1.807, 2.05) is 0 Å². The van der Waals surface area contributed by atoms with E-state index in [-0.39, 0.29) is 0 Å². The summed E-state index contributed by atoms with van der Waals surface area (Å²) in [5.41, 5.74) is 7.89. The van der Waals surface area contributed by atoms with Gasteiger partial charge in [0.2, 0.25) is 5.52 Å². The SMILES string of the molecule is Cc1ccc2c3ccc(C)c4c3n(c2c1)c1cccc2cc[n+](C)c4c21. The van der Waals surface area contributed by atoms with Crippen LogP contribution in [0.15, 0.2) is 60.8 Å². The summed E-state index contributed by atoms with van der Waals surface area (Å²) >= 11 is 0. The second kappa shape index (κ2) is 4.53. The predicted molar refractivity (Wildman–Crippen MR) is 109 cm³/mol. The smallest absolute Gasteiger partial charge is 0.224 e. The molecule has 6 aromatic rings. The molecule has 0 aliphatic carbocycles. The van der Waals surface area contributed by atoms with Crippen LogP contribution in [0.4, 0.5) is 0 Å². The molecule has 0 aliphatic rings. The lowest BCUT2D eigenvalue weighted by Gasteiger charge is -2.12. The maximum absolute atomic E-state index is 2.48. The van der Waals surface area contributed by atoms with Crippen molar-refractivity contribution in [2.24, 2.45) is 7.05 Å². The van der Waals surface area contributed by atoms with E-state index in [2.05, 4.69) is 90.7 Å². The van der Waals surface area contributed by atoms with Crippen molar-refractivity contribution in [3.05, 3.63) is 71.9 Å². The number of hydrogen-bond acceptors (Lipinski definition) is 0. The van der Waals surface area contributed by atoms with E-state index < -0.39 is 0 Å². The third kappa shape index (κ3) is 1.51. The average Bonchev–Trinajstić information content (AvgIpc) is 2.96. The second-order valence-corrected chi connectivity index (χ2v) is 7.53. The van der Waals surface area contributed by atoms with Crippen molar-refractivity contribution in [2.45, 2.75) is 13.8 Å². The third-order valence-electron chi connectivity index (χ3n) is 5.91. The first kappa shape index (κ1) is 14.1. The maximum atomic E-state index is 2.48. The normalized spacial score (nSPS) is 12.4. The minimum absolute atomic E-state index is 1.29. The molecule has 26 heavy (non-hydrogen) atoms. The van der Waals surface area contributed by atoms with Gasteiger partial charge in [0, 0.05) is 16.8 Å². The van der Waals surface area contributed by atoms with Crippen molar-refractivity contribution in [1.29, 1.82) is 0 Å². The van der Waals surface area contributed by atoms with Gasteiger partial charge in [0.1, 0.15) is 7.05 Å². The molecule has 2 nitrogen and oxygen atoms in total. The van der Waals surface area contributed by atoms with E-state index >= 15 is 0 Å². The van der Waals surface area contributed by atoms with Gasteiger partial charge in [0.05, 0.1) is 27.3 Å². The number of pyridine rings is 2. The summed E-state index contributed by atoms with van der Waals surface area (Å²) in [5.74, 6) is 0. The van der Waals surface area contributed by atoms with Crippen LogP contribution in [0.1, 0.15) is 11.1 Å².